The summed E-state index contributed by atoms with van der Waals surface area (Å²) in [5, 5.41) is 8.35. The second kappa shape index (κ2) is 4.64. The first-order chi connectivity index (χ1) is 9.28. The molecule has 0 saturated heterocycles. The van der Waals surface area contributed by atoms with Crippen LogP contribution in [0.3, 0.4) is 0 Å². The van der Waals surface area contributed by atoms with E-state index in [1.807, 2.05) is 25.1 Å². The number of hydrogen-bond acceptors (Lipinski definition) is 5. The van der Waals surface area contributed by atoms with Crippen LogP contribution in [0.15, 0.2) is 39.8 Å². The molecule has 0 saturated carbocycles. The van der Waals surface area contributed by atoms with Gasteiger partial charge in [0.1, 0.15) is 6.54 Å². The first kappa shape index (κ1) is 11.6. The Hall–Kier alpha value is -2.50. The summed E-state index contributed by atoms with van der Waals surface area (Å²) in [7, 11) is 0. The molecule has 0 amide bonds. The highest BCUT2D eigenvalue weighted by Crippen LogP contribution is 2.06. The second-order valence-electron chi connectivity index (χ2n) is 4.14. The molecule has 0 aliphatic heterocycles. The van der Waals surface area contributed by atoms with Crippen molar-refractivity contribution in [2.45, 2.75) is 19.9 Å². The summed E-state index contributed by atoms with van der Waals surface area (Å²) in [6, 6.07) is 7.23. The van der Waals surface area contributed by atoms with Crippen LogP contribution < -0.4 is 5.56 Å². The van der Waals surface area contributed by atoms with Crippen LogP contribution in [0.25, 0.3) is 10.9 Å². The van der Waals surface area contributed by atoms with Crippen LogP contribution in [0.2, 0.25) is 0 Å². The number of hydrogen-bond donors (Lipinski definition) is 0. The van der Waals surface area contributed by atoms with E-state index in [9.17, 15) is 4.79 Å². The number of nitrogens with zero attached hydrogens (tertiary/aromatic N) is 4. The Morgan fingerprint density at radius 3 is 2.79 bits per heavy atom. The fraction of sp³-hybridized carbons (Fsp3) is 0.231. The average Bonchev–Trinajstić information content (AvgIpc) is 2.90. The van der Waals surface area contributed by atoms with Crippen molar-refractivity contribution in [2.75, 3.05) is 0 Å². The summed E-state index contributed by atoms with van der Waals surface area (Å²) in [6.45, 7) is 2.17. The maximum Gasteiger partial charge on any atom is 0.261 e. The minimum Gasteiger partial charge on any atom is -0.423 e. The van der Waals surface area contributed by atoms with E-state index in [-0.39, 0.29) is 12.1 Å². The van der Waals surface area contributed by atoms with E-state index in [4.69, 9.17) is 4.42 Å². The number of aromatic nitrogens is 4. The molecule has 0 bridgehead atoms. The minimum absolute atomic E-state index is 0.109. The van der Waals surface area contributed by atoms with Crippen LogP contribution in [0.4, 0.5) is 0 Å². The highest BCUT2D eigenvalue weighted by atomic mass is 16.4. The zero-order chi connectivity index (χ0) is 13.2. The Kier molecular flexibility index (Phi) is 2.83. The van der Waals surface area contributed by atoms with Crippen molar-refractivity contribution in [2.24, 2.45) is 0 Å². The summed E-state index contributed by atoms with van der Waals surface area (Å²) in [5.41, 5.74) is 0.574. The van der Waals surface area contributed by atoms with Crippen LogP contribution in [0.1, 0.15) is 18.7 Å². The van der Waals surface area contributed by atoms with Gasteiger partial charge in [-0.05, 0) is 12.1 Å². The number of fused-ring (bicyclic) bond motifs is 1. The topological polar surface area (TPSA) is 73.8 Å². The van der Waals surface area contributed by atoms with E-state index in [2.05, 4.69) is 15.2 Å². The molecule has 3 rings (SSSR count). The van der Waals surface area contributed by atoms with Gasteiger partial charge in [-0.2, -0.15) is 0 Å². The zero-order valence-electron chi connectivity index (χ0n) is 10.4. The summed E-state index contributed by atoms with van der Waals surface area (Å²) < 4.78 is 6.86. The van der Waals surface area contributed by atoms with Crippen molar-refractivity contribution in [3.8, 4) is 0 Å². The van der Waals surface area contributed by atoms with E-state index >= 15 is 0 Å². The van der Waals surface area contributed by atoms with Crippen LogP contribution in [0.5, 0.6) is 0 Å². The molecule has 96 valence electrons. The molecule has 1 aromatic carbocycles. The molecule has 0 unspecified atom stereocenters. The molecule has 0 atom stereocenters. The summed E-state index contributed by atoms with van der Waals surface area (Å²) in [5.74, 6) is 0.979. The van der Waals surface area contributed by atoms with E-state index in [0.717, 1.165) is 0 Å². The Morgan fingerprint density at radius 2 is 2.00 bits per heavy atom. The third-order valence-electron chi connectivity index (χ3n) is 2.85. The van der Waals surface area contributed by atoms with Crippen LogP contribution in [-0.2, 0) is 13.0 Å². The van der Waals surface area contributed by atoms with Gasteiger partial charge in [0.15, 0.2) is 0 Å². The van der Waals surface area contributed by atoms with Crippen LogP contribution in [0, 0.1) is 0 Å². The molecular weight excluding hydrogens is 244 g/mol. The highest BCUT2D eigenvalue weighted by Gasteiger charge is 2.08. The highest BCUT2D eigenvalue weighted by molar-refractivity contribution is 5.76. The Morgan fingerprint density at radius 1 is 1.21 bits per heavy atom. The van der Waals surface area contributed by atoms with Gasteiger partial charge in [-0.3, -0.25) is 9.36 Å². The lowest BCUT2D eigenvalue weighted by molar-refractivity contribution is 0.439. The molecule has 2 aromatic heterocycles. The maximum absolute atomic E-state index is 12.2. The largest absolute Gasteiger partial charge is 0.423 e. The van der Waals surface area contributed by atoms with Gasteiger partial charge in [-0.1, -0.05) is 19.1 Å². The second-order valence-corrected chi connectivity index (χ2v) is 4.14. The molecule has 0 aliphatic carbocycles. The summed E-state index contributed by atoms with van der Waals surface area (Å²) in [4.78, 5) is 16.5. The first-order valence-corrected chi connectivity index (χ1v) is 6.03. The molecule has 3 aromatic rings. The predicted octanol–water partition coefficient (Wildman–Crippen LogP) is 1.39. The molecular formula is C13H12N4O2. The molecule has 0 radical (unpaired) electrons. The third-order valence-corrected chi connectivity index (χ3v) is 2.85. The summed E-state index contributed by atoms with van der Waals surface area (Å²) in [6.07, 6.45) is 2.18. The van der Waals surface area contributed by atoms with E-state index in [1.54, 1.807) is 6.07 Å². The lowest BCUT2D eigenvalue weighted by Gasteiger charge is -2.03. The fourth-order valence-corrected chi connectivity index (χ4v) is 1.86. The third kappa shape index (κ3) is 2.12. The molecule has 2 heterocycles. The minimum atomic E-state index is -0.109. The molecule has 0 N–H and O–H groups in total. The predicted molar refractivity (Wildman–Crippen MR) is 68.8 cm³/mol. The van der Waals surface area contributed by atoms with E-state index in [0.29, 0.717) is 29.1 Å². The van der Waals surface area contributed by atoms with Gasteiger partial charge in [-0.25, -0.2) is 4.98 Å². The zero-order valence-corrected chi connectivity index (χ0v) is 10.4. The van der Waals surface area contributed by atoms with Gasteiger partial charge in [0.2, 0.25) is 11.8 Å². The quantitative estimate of drug-likeness (QED) is 0.708. The normalized spacial score (nSPS) is 11.0. The van der Waals surface area contributed by atoms with Crippen molar-refractivity contribution in [1.29, 1.82) is 0 Å². The van der Waals surface area contributed by atoms with Gasteiger partial charge < -0.3 is 4.42 Å². The van der Waals surface area contributed by atoms with Crippen molar-refractivity contribution < 1.29 is 4.42 Å². The first-order valence-electron chi connectivity index (χ1n) is 6.03. The average molecular weight is 256 g/mol. The molecule has 0 spiro atoms. The smallest absolute Gasteiger partial charge is 0.261 e. The molecule has 0 fully saturated rings. The number of rotatable bonds is 3. The van der Waals surface area contributed by atoms with Gasteiger partial charge >= 0.3 is 0 Å². The van der Waals surface area contributed by atoms with Gasteiger partial charge in [0.05, 0.1) is 17.2 Å². The van der Waals surface area contributed by atoms with Crippen LogP contribution >= 0.6 is 0 Å². The molecule has 6 heteroatoms. The lowest BCUT2D eigenvalue weighted by atomic mass is 10.2. The monoisotopic (exact) mass is 256 g/mol. The Labute approximate surface area is 108 Å². The standard InChI is InChI=1S/C13H12N4O2/c1-2-11-15-16-12(19-11)7-17-8-14-10-6-4-3-5-9(10)13(17)18/h3-6,8H,2,7H2,1H3. The van der Waals surface area contributed by atoms with Crippen molar-refractivity contribution in [1.82, 2.24) is 19.7 Å². The Bertz CT molecular complexity index is 775. The SMILES string of the molecule is CCc1nnc(Cn2cnc3ccccc3c2=O)o1. The Balaban J connectivity index is 2.01. The van der Waals surface area contributed by atoms with Crippen LogP contribution in [-0.4, -0.2) is 19.7 Å². The number of para-hydroxylation sites is 1. The summed E-state index contributed by atoms with van der Waals surface area (Å²) >= 11 is 0. The molecule has 19 heavy (non-hydrogen) atoms. The number of aryl methyl sites for hydroxylation is 1. The maximum atomic E-state index is 12.2. The van der Waals surface area contributed by atoms with E-state index in [1.165, 1.54) is 10.9 Å². The van der Waals surface area contributed by atoms with Gasteiger partial charge in [-0.15, -0.1) is 10.2 Å². The van der Waals surface area contributed by atoms with Crippen molar-refractivity contribution in [3.63, 3.8) is 0 Å². The van der Waals surface area contributed by atoms with Crippen molar-refractivity contribution in [3.05, 3.63) is 52.7 Å². The molecule has 6 nitrogen and oxygen atoms in total. The van der Waals surface area contributed by atoms with Gasteiger partial charge in [0, 0.05) is 6.42 Å². The van der Waals surface area contributed by atoms with Crippen molar-refractivity contribution >= 4 is 10.9 Å². The lowest BCUT2D eigenvalue weighted by Crippen LogP contribution is -2.21. The molecule has 0 aliphatic rings. The van der Waals surface area contributed by atoms with Gasteiger partial charge in [0.25, 0.3) is 5.56 Å². The van der Waals surface area contributed by atoms with E-state index < -0.39 is 0 Å². The number of benzene rings is 1. The fourth-order valence-electron chi connectivity index (χ4n) is 1.86.